The van der Waals surface area contributed by atoms with Crippen LogP contribution in [0.3, 0.4) is 0 Å². The van der Waals surface area contributed by atoms with Crippen molar-refractivity contribution in [1.82, 2.24) is 10.2 Å². The first kappa shape index (κ1) is 13.7. The molecule has 3 rings (SSSR count). The number of rotatable bonds is 4. The number of methoxy groups -OCH3 is 2. The largest absolute Gasteiger partial charge is 0.497 e. The molecule has 2 aliphatic heterocycles. The van der Waals surface area contributed by atoms with Crippen molar-refractivity contribution in [3.05, 3.63) is 23.8 Å². The van der Waals surface area contributed by atoms with Crippen LogP contribution in [0.25, 0.3) is 0 Å². The Kier molecular flexibility index (Phi) is 3.85. The number of hydrogen-bond donors (Lipinski definition) is 1. The summed E-state index contributed by atoms with van der Waals surface area (Å²) >= 11 is 0. The lowest BCUT2D eigenvalue weighted by molar-refractivity contribution is 0.228. The highest BCUT2D eigenvalue weighted by molar-refractivity contribution is 5.40. The number of nitrogens with one attached hydrogen (secondary N) is 1. The van der Waals surface area contributed by atoms with Gasteiger partial charge in [-0.15, -0.1) is 0 Å². The van der Waals surface area contributed by atoms with Gasteiger partial charge in [-0.3, -0.25) is 4.90 Å². The molecule has 0 amide bonds. The van der Waals surface area contributed by atoms with Crippen LogP contribution in [0, 0.1) is 11.8 Å². The quantitative estimate of drug-likeness (QED) is 0.908. The van der Waals surface area contributed by atoms with Crippen LogP contribution in [0.5, 0.6) is 11.5 Å². The van der Waals surface area contributed by atoms with Crippen LogP contribution in [-0.4, -0.2) is 44.8 Å². The molecular weight excluding hydrogens is 252 g/mol. The van der Waals surface area contributed by atoms with Crippen molar-refractivity contribution in [2.45, 2.75) is 19.5 Å². The van der Waals surface area contributed by atoms with Crippen LogP contribution in [0.2, 0.25) is 0 Å². The van der Waals surface area contributed by atoms with E-state index in [2.05, 4.69) is 23.2 Å². The molecule has 1 aromatic carbocycles. The molecule has 2 aliphatic rings. The molecule has 0 bridgehead atoms. The SMILES string of the molecule is COc1ccc(OC)c(CN2CC3CNCC3C2C)c1. The topological polar surface area (TPSA) is 33.7 Å². The van der Waals surface area contributed by atoms with Crippen molar-refractivity contribution in [2.24, 2.45) is 11.8 Å². The minimum Gasteiger partial charge on any atom is -0.497 e. The van der Waals surface area contributed by atoms with Gasteiger partial charge in [0.25, 0.3) is 0 Å². The van der Waals surface area contributed by atoms with Gasteiger partial charge in [0.15, 0.2) is 0 Å². The predicted molar refractivity (Wildman–Crippen MR) is 79.3 cm³/mol. The summed E-state index contributed by atoms with van der Waals surface area (Å²) in [4.78, 5) is 2.58. The molecule has 0 radical (unpaired) electrons. The molecule has 0 aliphatic carbocycles. The molecule has 20 heavy (non-hydrogen) atoms. The van der Waals surface area contributed by atoms with Gasteiger partial charge in [-0.1, -0.05) is 0 Å². The van der Waals surface area contributed by atoms with Crippen molar-refractivity contribution in [3.63, 3.8) is 0 Å². The average Bonchev–Trinajstić information content (AvgIpc) is 3.03. The lowest BCUT2D eigenvalue weighted by Gasteiger charge is -2.25. The van der Waals surface area contributed by atoms with Gasteiger partial charge in [0.1, 0.15) is 11.5 Å². The second-order valence-electron chi connectivity index (χ2n) is 5.93. The van der Waals surface area contributed by atoms with Gasteiger partial charge in [-0.2, -0.15) is 0 Å². The van der Waals surface area contributed by atoms with Gasteiger partial charge >= 0.3 is 0 Å². The summed E-state index contributed by atoms with van der Waals surface area (Å²) in [5.74, 6) is 3.45. The van der Waals surface area contributed by atoms with Crippen molar-refractivity contribution in [1.29, 1.82) is 0 Å². The highest BCUT2D eigenvalue weighted by Crippen LogP contribution is 2.35. The second-order valence-corrected chi connectivity index (χ2v) is 5.93. The Morgan fingerprint density at radius 3 is 2.80 bits per heavy atom. The summed E-state index contributed by atoms with van der Waals surface area (Å²) in [7, 11) is 3.44. The maximum absolute atomic E-state index is 5.49. The normalized spacial score (nSPS) is 29.4. The molecule has 3 unspecified atom stereocenters. The van der Waals surface area contributed by atoms with Crippen molar-refractivity contribution in [3.8, 4) is 11.5 Å². The third-order valence-corrected chi connectivity index (χ3v) is 4.92. The van der Waals surface area contributed by atoms with E-state index >= 15 is 0 Å². The fourth-order valence-electron chi connectivity index (χ4n) is 3.69. The number of benzene rings is 1. The van der Waals surface area contributed by atoms with Gasteiger partial charge in [0, 0.05) is 24.7 Å². The molecular formula is C16H24N2O2. The summed E-state index contributed by atoms with van der Waals surface area (Å²) in [6.45, 7) is 6.80. The minimum atomic E-state index is 0.630. The van der Waals surface area contributed by atoms with Crippen LogP contribution in [0.4, 0.5) is 0 Å². The van der Waals surface area contributed by atoms with E-state index in [-0.39, 0.29) is 0 Å². The molecule has 2 heterocycles. The number of ether oxygens (including phenoxy) is 2. The van der Waals surface area contributed by atoms with E-state index in [1.165, 1.54) is 18.7 Å². The zero-order valence-corrected chi connectivity index (χ0v) is 12.6. The lowest BCUT2D eigenvalue weighted by atomic mass is 9.95. The van der Waals surface area contributed by atoms with Crippen molar-refractivity contribution >= 4 is 0 Å². The van der Waals surface area contributed by atoms with Crippen LogP contribution in [0.1, 0.15) is 12.5 Å². The van der Waals surface area contributed by atoms with Crippen LogP contribution in [-0.2, 0) is 6.54 Å². The fraction of sp³-hybridized carbons (Fsp3) is 0.625. The highest BCUT2D eigenvalue weighted by Gasteiger charge is 2.41. The molecule has 1 N–H and O–H groups in total. The Bertz CT molecular complexity index is 478. The van der Waals surface area contributed by atoms with E-state index in [0.29, 0.717) is 6.04 Å². The Balaban J connectivity index is 1.77. The molecule has 0 spiro atoms. The second kappa shape index (κ2) is 5.62. The van der Waals surface area contributed by atoms with Crippen molar-refractivity contribution in [2.75, 3.05) is 33.9 Å². The van der Waals surface area contributed by atoms with Crippen LogP contribution in [0.15, 0.2) is 18.2 Å². The summed E-state index contributed by atoms with van der Waals surface area (Å²) < 4.78 is 10.8. The van der Waals surface area contributed by atoms with E-state index < -0.39 is 0 Å². The van der Waals surface area contributed by atoms with Crippen molar-refractivity contribution < 1.29 is 9.47 Å². The van der Waals surface area contributed by atoms with E-state index in [9.17, 15) is 0 Å². The molecule has 3 atom stereocenters. The van der Waals surface area contributed by atoms with E-state index in [1.807, 2.05) is 12.1 Å². The molecule has 0 saturated carbocycles. The first-order valence-electron chi connectivity index (χ1n) is 7.38. The third kappa shape index (κ3) is 2.38. The molecule has 1 aromatic rings. The third-order valence-electron chi connectivity index (χ3n) is 4.92. The summed E-state index contributed by atoms with van der Waals surface area (Å²) in [6, 6.07) is 6.68. The molecule has 2 fully saturated rings. The van der Waals surface area contributed by atoms with Gasteiger partial charge < -0.3 is 14.8 Å². The van der Waals surface area contributed by atoms with Gasteiger partial charge in [-0.25, -0.2) is 0 Å². The Hall–Kier alpha value is -1.26. The smallest absolute Gasteiger partial charge is 0.123 e. The van der Waals surface area contributed by atoms with E-state index in [1.54, 1.807) is 14.2 Å². The van der Waals surface area contributed by atoms with Crippen LogP contribution < -0.4 is 14.8 Å². The minimum absolute atomic E-state index is 0.630. The summed E-state index contributed by atoms with van der Waals surface area (Å²) in [5, 5.41) is 3.51. The molecule has 4 heteroatoms. The fourth-order valence-corrected chi connectivity index (χ4v) is 3.69. The van der Waals surface area contributed by atoms with Gasteiger partial charge in [0.05, 0.1) is 14.2 Å². The standard InChI is InChI=1S/C16H24N2O2/c1-11-15-8-17-7-13(15)10-18(11)9-12-6-14(19-2)4-5-16(12)20-3/h4-6,11,13,15,17H,7-10H2,1-3H3. The Labute approximate surface area is 121 Å². The summed E-state index contributed by atoms with van der Waals surface area (Å²) in [6.07, 6.45) is 0. The first-order chi connectivity index (χ1) is 9.72. The number of hydrogen-bond acceptors (Lipinski definition) is 4. The Morgan fingerprint density at radius 2 is 2.10 bits per heavy atom. The maximum atomic E-state index is 5.49. The lowest BCUT2D eigenvalue weighted by Crippen LogP contribution is -2.32. The van der Waals surface area contributed by atoms with E-state index in [0.717, 1.165) is 36.4 Å². The number of fused-ring (bicyclic) bond motifs is 1. The Morgan fingerprint density at radius 1 is 1.25 bits per heavy atom. The average molecular weight is 276 g/mol. The van der Waals surface area contributed by atoms with E-state index in [4.69, 9.17) is 9.47 Å². The zero-order valence-electron chi connectivity index (χ0n) is 12.6. The summed E-state index contributed by atoms with van der Waals surface area (Å²) in [5.41, 5.74) is 1.21. The molecule has 110 valence electrons. The van der Waals surface area contributed by atoms with Gasteiger partial charge in [0.2, 0.25) is 0 Å². The first-order valence-corrected chi connectivity index (χ1v) is 7.38. The van der Waals surface area contributed by atoms with Crippen LogP contribution >= 0.6 is 0 Å². The monoisotopic (exact) mass is 276 g/mol. The maximum Gasteiger partial charge on any atom is 0.123 e. The number of likely N-dealkylation sites (tertiary alicyclic amines) is 1. The molecule has 0 aromatic heterocycles. The number of nitrogens with zero attached hydrogens (tertiary/aromatic N) is 1. The zero-order chi connectivity index (χ0) is 14.1. The predicted octanol–water partition coefficient (Wildman–Crippen LogP) is 1.74. The molecule has 2 saturated heterocycles. The molecule has 4 nitrogen and oxygen atoms in total. The highest BCUT2D eigenvalue weighted by atomic mass is 16.5. The van der Waals surface area contributed by atoms with Gasteiger partial charge in [-0.05, 0) is 50.0 Å².